The van der Waals surface area contributed by atoms with Crippen LogP contribution in [0, 0.1) is 17.8 Å². The first kappa shape index (κ1) is 13.8. The molecule has 106 valence electrons. The molecule has 2 amide bonds. The van der Waals surface area contributed by atoms with Crippen molar-refractivity contribution < 1.29 is 9.59 Å². The normalized spacial score (nSPS) is 29.1. The molecule has 1 saturated heterocycles. The Kier molecular flexibility index (Phi) is 3.46. The predicted octanol–water partition coefficient (Wildman–Crippen LogP) is 2.92. The minimum absolute atomic E-state index is 0.0737. The van der Waals surface area contributed by atoms with Crippen LogP contribution in [0.3, 0.4) is 0 Å². The molecule has 20 heavy (non-hydrogen) atoms. The molecule has 2 unspecified atom stereocenters. The van der Waals surface area contributed by atoms with Gasteiger partial charge in [0.15, 0.2) is 0 Å². The smallest absolute Gasteiger partial charge is 0.233 e. The van der Waals surface area contributed by atoms with Gasteiger partial charge in [-0.25, -0.2) is 4.98 Å². The molecule has 2 aliphatic rings. The maximum absolute atomic E-state index is 12.3. The minimum atomic E-state index is -0.142. The second-order valence-corrected chi connectivity index (χ2v) is 6.45. The Morgan fingerprint density at radius 2 is 1.85 bits per heavy atom. The lowest BCUT2D eigenvalue weighted by molar-refractivity contribution is -0.141. The molecule has 2 fully saturated rings. The van der Waals surface area contributed by atoms with E-state index in [4.69, 9.17) is 23.2 Å². The van der Waals surface area contributed by atoms with Gasteiger partial charge in [-0.15, -0.1) is 0 Å². The maximum Gasteiger partial charge on any atom is 0.233 e. The number of carbonyl (C=O) groups excluding carboxylic acids is 2. The lowest BCUT2D eigenvalue weighted by Crippen LogP contribution is -2.31. The highest BCUT2D eigenvalue weighted by Crippen LogP contribution is 2.43. The third kappa shape index (κ3) is 2.21. The van der Waals surface area contributed by atoms with Gasteiger partial charge in [-0.1, -0.05) is 30.1 Å². The number of nitrogens with zero attached hydrogens (tertiary/aromatic N) is 2. The van der Waals surface area contributed by atoms with Gasteiger partial charge < -0.3 is 0 Å². The molecule has 1 aliphatic heterocycles. The van der Waals surface area contributed by atoms with Crippen molar-refractivity contribution in [2.24, 2.45) is 17.8 Å². The van der Waals surface area contributed by atoms with Gasteiger partial charge in [-0.2, -0.15) is 0 Å². The van der Waals surface area contributed by atoms with Crippen molar-refractivity contribution >= 4 is 35.0 Å². The van der Waals surface area contributed by atoms with E-state index in [-0.39, 0.29) is 30.2 Å². The summed E-state index contributed by atoms with van der Waals surface area (Å²) in [6, 6.07) is 1.52. The Bertz CT molecular complexity index is 567. The highest BCUT2D eigenvalue weighted by Gasteiger charge is 2.51. The van der Waals surface area contributed by atoms with Crippen molar-refractivity contribution in [3.63, 3.8) is 0 Å². The maximum atomic E-state index is 12.3. The van der Waals surface area contributed by atoms with E-state index in [1.54, 1.807) is 0 Å². The molecule has 2 heterocycles. The molecule has 1 aromatic rings. The average molecular weight is 313 g/mol. The molecule has 1 aliphatic carbocycles. The quantitative estimate of drug-likeness (QED) is 0.623. The number of aromatic nitrogens is 1. The minimum Gasteiger partial charge on any atom is -0.277 e. The second-order valence-electron chi connectivity index (χ2n) is 5.65. The van der Waals surface area contributed by atoms with Gasteiger partial charge in [0.05, 0.1) is 23.4 Å². The van der Waals surface area contributed by atoms with Crippen LogP contribution < -0.4 is 0 Å². The molecule has 0 aromatic carbocycles. The lowest BCUT2D eigenvalue weighted by atomic mass is 10.00. The first-order valence-corrected chi connectivity index (χ1v) is 7.38. The topological polar surface area (TPSA) is 50.3 Å². The van der Waals surface area contributed by atoms with E-state index in [0.717, 1.165) is 12.8 Å². The summed E-state index contributed by atoms with van der Waals surface area (Å²) < 4.78 is 0. The van der Waals surface area contributed by atoms with Gasteiger partial charge in [-0.05, 0) is 24.8 Å². The Morgan fingerprint density at radius 1 is 1.25 bits per heavy atom. The van der Waals surface area contributed by atoms with Crippen molar-refractivity contribution in [3.8, 4) is 0 Å². The van der Waals surface area contributed by atoms with Crippen LogP contribution in [0.4, 0.5) is 0 Å². The summed E-state index contributed by atoms with van der Waals surface area (Å²) >= 11 is 11.8. The Balaban J connectivity index is 1.82. The van der Waals surface area contributed by atoms with Gasteiger partial charge in [0.25, 0.3) is 0 Å². The third-order valence-corrected chi connectivity index (χ3v) is 4.75. The van der Waals surface area contributed by atoms with E-state index in [9.17, 15) is 9.59 Å². The van der Waals surface area contributed by atoms with Crippen LogP contribution >= 0.6 is 23.2 Å². The van der Waals surface area contributed by atoms with Crippen LogP contribution in [-0.4, -0.2) is 21.7 Å². The molecular formula is C14H14Cl2N2O2. The highest BCUT2D eigenvalue weighted by molar-refractivity contribution is 6.34. The number of hydrogen-bond donors (Lipinski definition) is 0. The summed E-state index contributed by atoms with van der Waals surface area (Å²) in [7, 11) is 0. The molecular weight excluding hydrogens is 299 g/mol. The summed E-state index contributed by atoms with van der Waals surface area (Å²) in [5.74, 6) is 0.0136. The number of amides is 2. The molecule has 0 N–H and O–H groups in total. The van der Waals surface area contributed by atoms with Gasteiger partial charge >= 0.3 is 0 Å². The van der Waals surface area contributed by atoms with Crippen LogP contribution in [0.25, 0.3) is 0 Å². The fourth-order valence-electron chi connectivity index (χ4n) is 3.22. The van der Waals surface area contributed by atoms with Crippen LogP contribution in [0.2, 0.25) is 10.2 Å². The summed E-state index contributed by atoms with van der Waals surface area (Å²) in [5.41, 5.74) is 0.644. The monoisotopic (exact) mass is 312 g/mol. The van der Waals surface area contributed by atoms with E-state index >= 15 is 0 Å². The first-order chi connectivity index (χ1) is 9.47. The van der Waals surface area contributed by atoms with Crippen molar-refractivity contribution in [1.82, 2.24) is 9.88 Å². The zero-order chi connectivity index (χ0) is 14.4. The number of likely N-dealkylation sites (tertiary alicyclic amines) is 1. The van der Waals surface area contributed by atoms with Crippen molar-refractivity contribution in [2.75, 3.05) is 0 Å². The van der Waals surface area contributed by atoms with E-state index in [1.165, 1.54) is 17.2 Å². The second kappa shape index (κ2) is 5.01. The van der Waals surface area contributed by atoms with E-state index in [0.29, 0.717) is 21.7 Å². The Hall–Kier alpha value is -1.13. The molecule has 0 spiro atoms. The van der Waals surface area contributed by atoms with E-state index < -0.39 is 0 Å². The number of carbonyl (C=O) groups is 2. The molecule has 6 heteroatoms. The molecule has 1 saturated carbocycles. The summed E-state index contributed by atoms with van der Waals surface area (Å²) in [6.07, 6.45) is 3.12. The number of fused-ring (bicyclic) bond motifs is 1. The molecule has 4 nitrogen and oxygen atoms in total. The number of halogens is 2. The zero-order valence-corrected chi connectivity index (χ0v) is 12.5. The van der Waals surface area contributed by atoms with E-state index in [2.05, 4.69) is 11.9 Å². The van der Waals surface area contributed by atoms with Gasteiger partial charge in [-0.3, -0.25) is 14.5 Å². The fraction of sp³-hybridized carbons (Fsp3) is 0.500. The number of pyridine rings is 1. The largest absolute Gasteiger partial charge is 0.277 e. The molecule has 0 radical (unpaired) electrons. The SMILES string of the molecule is CC1CC2C(=O)N(Cc3cnc(Cl)cc3Cl)C(=O)C2C1. The van der Waals surface area contributed by atoms with Gasteiger partial charge in [0.2, 0.25) is 11.8 Å². The third-order valence-electron chi connectivity index (χ3n) is 4.19. The Morgan fingerprint density at radius 3 is 2.40 bits per heavy atom. The van der Waals surface area contributed by atoms with Crippen molar-refractivity contribution in [2.45, 2.75) is 26.3 Å². The van der Waals surface area contributed by atoms with Gasteiger partial charge in [0, 0.05) is 11.8 Å². The summed E-state index contributed by atoms with van der Waals surface area (Å²) in [6.45, 7) is 2.27. The van der Waals surface area contributed by atoms with Crippen molar-refractivity contribution in [3.05, 3.63) is 28.0 Å². The summed E-state index contributed by atoms with van der Waals surface area (Å²) in [5, 5.41) is 0.722. The van der Waals surface area contributed by atoms with Crippen LogP contribution in [0.15, 0.2) is 12.3 Å². The van der Waals surface area contributed by atoms with Crippen molar-refractivity contribution in [1.29, 1.82) is 0 Å². The number of imide groups is 1. The molecule has 0 bridgehead atoms. The number of rotatable bonds is 2. The fourth-order valence-corrected chi connectivity index (χ4v) is 3.65. The molecule has 2 atom stereocenters. The first-order valence-electron chi connectivity index (χ1n) is 6.62. The summed E-state index contributed by atoms with van der Waals surface area (Å²) in [4.78, 5) is 29.9. The standard InChI is InChI=1S/C14H14Cl2N2O2/c1-7-2-9-10(3-7)14(20)18(13(9)19)6-8-5-17-12(16)4-11(8)15/h4-5,7,9-10H,2-3,6H2,1H3. The zero-order valence-electron chi connectivity index (χ0n) is 11.0. The van der Waals surface area contributed by atoms with Crippen LogP contribution in [0.1, 0.15) is 25.3 Å². The predicted molar refractivity (Wildman–Crippen MR) is 75.2 cm³/mol. The Labute approximate surface area is 127 Å². The average Bonchev–Trinajstić information content (AvgIpc) is 2.86. The van der Waals surface area contributed by atoms with Crippen LogP contribution in [0.5, 0.6) is 0 Å². The van der Waals surface area contributed by atoms with E-state index in [1.807, 2.05) is 0 Å². The molecule has 3 rings (SSSR count). The van der Waals surface area contributed by atoms with Crippen LogP contribution in [-0.2, 0) is 16.1 Å². The lowest BCUT2D eigenvalue weighted by Gasteiger charge is -2.17. The number of hydrogen-bond acceptors (Lipinski definition) is 3. The molecule has 1 aromatic heterocycles. The van der Waals surface area contributed by atoms with Gasteiger partial charge in [0.1, 0.15) is 5.15 Å². The highest BCUT2D eigenvalue weighted by atomic mass is 35.5.